The zero-order chi connectivity index (χ0) is 22.6. The molecule has 2 amide bonds. The Bertz CT molecular complexity index is 1120. The molecular weight excluding hydrogens is 426 g/mol. The standard InChI is InChI=1S/C24H23N3O4S/c1-31-22(30)24(18-10-6-3-7-11-18)12-13-27(16-24)20(28)14-19-15-32-23(25-19)26-21(29)17-8-4-2-5-9-17/h2-11,15H,12-14,16H2,1H3,(H,25,26,29)/t24-/m0/s1. The molecule has 1 aliphatic heterocycles. The van der Waals surface area contributed by atoms with Crippen molar-refractivity contribution in [1.29, 1.82) is 0 Å². The summed E-state index contributed by atoms with van der Waals surface area (Å²) in [5.74, 6) is -0.695. The van der Waals surface area contributed by atoms with Crippen molar-refractivity contribution in [3.05, 3.63) is 82.9 Å². The Labute approximate surface area is 190 Å². The number of esters is 1. The summed E-state index contributed by atoms with van der Waals surface area (Å²) in [5, 5.41) is 4.97. The van der Waals surface area contributed by atoms with Gasteiger partial charge in [0.15, 0.2) is 5.13 Å². The number of carbonyl (C=O) groups excluding carboxylic acids is 3. The number of carbonyl (C=O) groups is 3. The molecule has 7 nitrogen and oxygen atoms in total. The number of methoxy groups -OCH3 is 1. The van der Waals surface area contributed by atoms with E-state index in [-0.39, 0.29) is 30.7 Å². The maximum Gasteiger partial charge on any atom is 0.318 e. The molecule has 0 saturated carbocycles. The van der Waals surface area contributed by atoms with Crippen LogP contribution in [0.5, 0.6) is 0 Å². The van der Waals surface area contributed by atoms with Crippen molar-refractivity contribution in [3.8, 4) is 0 Å². The van der Waals surface area contributed by atoms with E-state index in [0.29, 0.717) is 29.4 Å². The van der Waals surface area contributed by atoms with Gasteiger partial charge in [0.05, 0.1) is 19.2 Å². The maximum atomic E-state index is 12.9. The Hall–Kier alpha value is -3.52. The van der Waals surface area contributed by atoms with Gasteiger partial charge in [-0.25, -0.2) is 4.98 Å². The number of nitrogens with zero attached hydrogens (tertiary/aromatic N) is 2. The molecule has 1 N–H and O–H groups in total. The predicted molar refractivity (Wildman–Crippen MR) is 122 cm³/mol. The Morgan fingerprint density at radius 2 is 1.78 bits per heavy atom. The molecule has 2 heterocycles. The molecule has 4 rings (SSSR count). The van der Waals surface area contributed by atoms with E-state index >= 15 is 0 Å². The van der Waals surface area contributed by atoms with Gasteiger partial charge in [0.2, 0.25) is 5.91 Å². The number of amides is 2. The van der Waals surface area contributed by atoms with Crippen molar-refractivity contribution >= 4 is 34.3 Å². The minimum atomic E-state index is -0.859. The van der Waals surface area contributed by atoms with Crippen molar-refractivity contribution in [2.75, 3.05) is 25.5 Å². The van der Waals surface area contributed by atoms with Crippen LogP contribution >= 0.6 is 11.3 Å². The van der Waals surface area contributed by atoms with Crippen molar-refractivity contribution in [1.82, 2.24) is 9.88 Å². The van der Waals surface area contributed by atoms with Crippen LogP contribution in [-0.2, 0) is 26.2 Å². The lowest BCUT2D eigenvalue weighted by atomic mass is 9.79. The van der Waals surface area contributed by atoms with Gasteiger partial charge in [-0.15, -0.1) is 11.3 Å². The summed E-state index contributed by atoms with van der Waals surface area (Å²) in [5.41, 5.74) is 1.11. The lowest BCUT2D eigenvalue weighted by Gasteiger charge is -2.27. The molecule has 0 unspecified atom stereocenters. The van der Waals surface area contributed by atoms with Crippen LogP contribution in [0.2, 0.25) is 0 Å². The lowest BCUT2D eigenvalue weighted by molar-refractivity contribution is -0.147. The minimum absolute atomic E-state index is 0.101. The SMILES string of the molecule is COC(=O)[C@@]1(c2ccccc2)CCN(C(=O)Cc2csc(NC(=O)c3ccccc3)n2)C1. The van der Waals surface area contributed by atoms with Gasteiger partial charge in [-0.2, -0.15) is 0 Å². The number of hydrogen-bond donors (Lipinski definition) is 1. The van der Waals surface area contributed by atoms with E-state index in [1.807, 2.05) is 36.4 Å². The Balaban J connectivity index is 1.42. The number of nitrogens with one attached hydrogen (secondary N) is 1. The van der Waals surface area contributed by atoms with Gasteiger partial charge in [0.25, 0.3) is 5.91 Å². The van der Waals surface area contributed by atoms with E-state index in [4.69, 9.17) is 4.74 Å². The molecule has 1 atom stereocenters. The van der Waals surface area contributed by atoms with Gasteiger partial charge in [-0.1, -0.05) is 48.5 Å². The first-order valence-electron chi connectivity index (χ1n) is 10.2. The molecule has 0 bridgehead atoms. The topological polar surface area (TPSA) is 88.6 Å². The molecule has 1 saturated heterocycles. The Kier molecular flexibility index (Phi) is 6.32. The number of anilines is 1. The van der Waals surface area contributed by atoms with E-state index in [2.05, 4.69) is 10.3 Å². The van der Waals surface area contributed by atoms with Crippen LogP contribution in [-0.4, -0.2) is 47.9 Å². The van der Waals surface area contributed by atoms with Crippen LogP contribution in [0.3, 0.4) is 0 Å². The molecule has 0 radical (unpaired) electrons. The molecule has 0 aliphatic carbocycles. The summed E-state index contributed by atoms with van der Waals surface area (Å²) in [4.78, 5) is 44.0. The summed E-state index contributed by atoms with van der Waals surface area (Å²) in [6.07, 6.45) is 0.606. The molecule has 8 heteroatoms. The molecular formula is C24H23N3O4S. The van der Waals surface area contributed by atoms with Gasteiger partial charge in [0.1, 0.15) is 5.41 Å². The van der Waals surface area contributed by atoms with Crippen LogP contribution in [0, 0.1) is 0 Å². The third-order valence-electron chi connectivity index (χ3n) is 5.67. The Morgan fingerprint density at radius 3 is 2.47 bits per heavy atom. The van der Waals surface area contributed by atoms with E-state index in [1.165, 1.54) is 18.4 Å². The molecule has 32 heavy (non-hydrogen) atoms. The minimum Gasteiger partial charge on any atom is -0.468 e. The quantitative estimate of drug-likeness (QED) is 0.584. The molecule has 164 valence electrons. The van der Waals surface area contributed by atoms with Gasteiger partial charge in [-0.3, -0.25) is 19.7 Å². The second-order valence-corrected chi connectivity index (χ2v) is 8.50. The number of aromatic nitrogens is 1. The van der Waals surface area contributed by atoms with E-state index in [0.717, 1.165) is 5.56 Å². The fraction of sp³-hybridized carbons (Fsp3) is 0.250. The van der Waals surface area contributed by atoms with Gasteiger partial charge >= 0.3 is 5.97 Å². The highest BCUT2D eigenvalue weighted by molar-refractivity contribution is 7.14. The maximum absolute atomic E-state index is 12.9. The van der Waals surface area contributed by atoms with Gasteiger partial charge < -0.3 is 9.64 Å². The van der Waals surface area contributed by atoms with Crippen LogP contribution in [0.1, 0.15) is 28.0 Å². The van der Waals surface area contributed by atoms with Crippen LogP contribution in [0.15, 0.2) is 66.0 Å². The lowest BCUT2D eigenvalue weighted by Crippen LogP contribution is -2.41. The molecule has 3 aromatic rings. The average Bonchev–Trinajstić information content (AvgIpc) is 3.48. The Morgan fingerprint density at radius 1 is 1.09 bits per heavy atom. The highest BCUT2D eigenvalue weighted by Crippen LogP contribution is 2.36. The number of thiazole rings is 1. The molecule has 2 aromatic carbocycles. The molecule has 0 spiro atoms. The average molecular weight is 450 g/mol. The van der Waals surface area contributed by atoms with Gasteiger partial charge in [-0.05, 0) is 24.1 Å². The zero-order valence-electron chi connectivity index (χ0n) is 17.6. The monoisotopic (exact) mass is 449 g/mol. The summed E-state index contributed by atoms with van der Waals surface area (Å²) >= 11 is 1.27. The third kappa shape index (κ3) is 4.40. The number of likely N-dealkylation sites (tertiary alicyclic amines) is 1. The highest BCUT2D eigenvalue weighted by Gasteiger charge is 2.48. The van der Waals surface area contributed by atoms with Crippen molar-refractivity contribution in [3.63, 3.8) is 0 Å². The summed E-state index contributed by atoms with van der Waals surface area (Å²) in [6, 6.07) is 18.3. The van der Waals surface area contributed by atoms with E-state index < -0.39 is 5.41 Å². The zero-order valence-corrected chi connectivity index (χ0v) is 18.4. The smallest absolute Gasteiger partial charge is 0.318 e. The first-order valence-corrected chi connectivity index (χ1v) is 11.1. The van der Waals surface area contributed by atoms with E-state index in [1.54, 1.807) is 34.5 Å². The molecule has 1 aromatic heterocycles. The van der Waals surface area contributed by atoms with Gasteiger partial charge in [0, 0.05) is 24.0 Å². The van der Waals surface area contributed by atoms with Crippen LogP contribution < -0.4 is 5.32 Å². The fourth-order valence-electron chi connectivity index (χ4n) is 3.97. The summed E-state index contributed by atoms with van der Waals surface area (Å²) < 4.78 is 5.09. The van der Waals surface area contributed by atoms with Crippen molar-refractivity contribution in [2.24, 2.45) is 0 Å². The fourth-order valence-corrected chi connectivity index (χ4v) is 4.67. The highest BCUT2D eigenvalue weighted by atomic mass is 32.1. The van der Waals surface area contributed by atoms with Crippen LogP contribution in [0.4, 0.5) is 5.13 Å². The number of hydrogen-bond acceptors (Lipinski definition) is 6. The first-order chi connectivity index (χ1) is 15.5. The van der Waals surface area contributed by atoms with Crippen molar-refractivity contribution < 1.29 is 19.1 Å². The third-order valence-corrected chi connectivity index (χ3v) is 6.47. The number of rotatable bonds is 6. The number of benzene rings is 2. The normalized spacial score (nSPS) is 17.7. The summed E-state index contributed by atoms with van der Waals surface area (Å²) in [7, 11) is 1.37. The van der Waals surface area contributed by atoms with Crippen LogP contribution in [0.25, 0.3) is 0 Å². The number of ether oxygens (including phenoxy) is 1. The largest absolute Gasteiger partial charge is 0.468 e. The van der Waals surface area contributed by atoms with E-state index in [9.17, 15) is 14.4 Å². The molecule has 1 aliphatic rings. The second-order valence-electron chi connectivity index (χ2n) is 7.65. The second kappa shape index (κ2) is 9.32. The first kappa shape index (κ1) is 21.7. The summed E-state index contributed by atoms with van der Waals surface area (Å²) in [6.45, 7) is 0.731. The molecule has 1 fully saturated rings. The predicted octanol–water partition coefficient (Wildman–Crippen LogP) is 3.28. The van der Waals surface area contributed by atoms with Crippen molar-refractivity contribution in [2.45, 2.75) is 18.3 Å².